The molecule has 0 bridgehead atoms. The van der Waals surface area contributed by atoms with Gasteiger partial charge in [0.05, 0.1) is 24.2 Å². The van der Waals surface area contributed by atoms with Crippen LogP contribution in [0.15, 0.2) is 339 Å². The minimum atomic E-state index is 0.0212. The first kappa shape index (κ1) is 59.3. The third-order valence-corrected chi connectivity index (χ3v) is 23.4. The van der Waals surface area contributed by atoms with Gasteiger partial charge in [0.25, 0.3) is 0 Å². The predicted octanol–water partition coefficient (Wildman–Crippen LogP) is 22.6. The Kier molecular flexibility index (Phi) is 14.6. The smallest absolute Gasteiger partial charge is 0.0552 e. The molecule has 14 aromatic rings. The summed E-state index contributed by atoms with van der Waals surface area (Å²) in [7, 11) is 0. The molecule has 4 nitrogen and oxygen atoms in total. The van der Waals surface area contributed by atoms with Gasteiger partial charge in [0.2, 0.25) is 0 Å². The van der Waals surface area contributed by atoms with E-state index in [9.17, 15) is 0 Å². The number of nitrogens with zero attached hydrogens (tertiary/aromatic N) is 4. The number of hydrogen-bond acceptors (Lipinski definition) is 4. The van der Waals surface area contributed by atoms with Crippen LogP contribution in [-0.2, 0) is 39.3 Å². The van der Waals surface area contributed by atoms with E-state index >= 15 is 0 Å². The fourth-order valence-electron chi connectivity index (χ4n) is 19.1. The minimum Gasteiger partial charge on any atom is -0.290 e. The van der Waals surface area contributed by atoms with Crippen molar-refractivity contribution >= 4 is 53.9 Å². The highest BCUT2D eigenvalue weighted by atomic mass is 15.3. The summed E-state index contributed by atoms with van der Waals surface area (Å²) in [4.78, 5) is 11.3. The average molecular weight is 1290 g/mol. The maximum absolute atomic E-state index is 2.84. The standard InChI is InChI=1S/C96H76N4/c1-5-25-67(26-6-1)93(97-55-74-36-19-33-66-34-20-37-75(56-97)88(66)74)94(68-27-7-2-8-28-68)99-59-78-48-44-65-24-15-18-40-85(65)91(78)92-79(60-99)49-45-73-52-72(50-51-86(73)92)82-41-21-35-71-53-80-61-100(62-81(80)54-87(71)82)96(70-31-11-4-12-32-70)95(69-29-9-3-10-30-69)98-57-76-46-42-63-22-13-16-38-83(63)89(76)90-77(58-98)47-43-64-23-14-17-39-84(64)90/h1-54,74,88,93-96H,55-62H2. The molecule has 6 aliphatic rings. The van der Waals surface area contributed by atoms with E-state index in [0.29, 0.717) is 11.8 Å². The Labute approximate surface area is 586 Å². The molecule has 0 saturated carbocycles. The summed E-state index contributed by atoms with van der Waals surface area (Å²) in [6, 6.07) is 112. The largest absolute Gasteiger partial charge is 0.290 e. The molecule has 6 unspecified atom stereocenters. The maximum Gasteiger partial charge on any atom is 0.0552 e. The van der Waals surface area contributed by atoms with Crippen molar-refractivity contribution in [3.63, 3.8) is 0 Å². The first-order valence-corrected chi connectivity index (χ1v) is 36.1. The third kappa shape index (κ3) is 10.1. The number of likely N-dealkylation sites (tertiary alicyclic amines) is 1. The van der Waals surface area contributed by atoms with Crippen molar-refractivity contribution in [2.45, 2.75) is 63.4 Å². The summed E-state index contributed by atoms with van der Waals surface area (Å²) in [5, 5.41) is 12.9. The second-order valence-electron chi connectivity index (χ2n) is 29.0. The van der Waals surface area contributed by atoms with Gasteiger partial charge in [-0.3, -0.25) is 19.6 Å². The Hall–Kier alpha value is -10.8. The number of hydrogen-bond donors (Lipinski definition) is 0. The fourth-order valence-corrected chi connectivity index (χ4v) is 19.1. The molecular formula is C96H76N4. The third-order valence-electron chi connectivity index (χ3n) is 23.4. The minimum absolute atomic E-state index is 0.0212. The number of fused-ring (bicyclic) bond motifs is 16. The molecule has 4 heterocycles. The van der Waals surface area contributed by atoms with Crippen molar-refractivity contribution in [3.8, 4) is 33.4 Å². The van der Waals surface area contributed by atoms with Crippen molar-refractivity contribution in [1.29, 1.82) is 0 Å². The van der Waals surface area contributed by atoms with Crippen LogP contribution >= 0.6 is 0 Å². The topological polar surface area (TPSA) is 13.0 Å². The van der Waals surface area contributed by atoms with Crippen LogP contribution in [0.25, 0.3) is 87.2 Å². The van der Waals surface area contributed by atoms with Crippen LogP contribution in [0.3, 0.4) is 0 Å². The maximum atomic E-state index is 2.84. The van der Waals surface area contributed by atoms with Gasteiger partial charge in [-0.1, -0.05) is 309 Å². The molecule has 0 N–H and O–H groups in total. The van der Waals surface area contributed by atoms with Gasteiger partial charge in [0, 0.05) is 64.2 Å². The molecule has 4 heteroatoms. The second kappa shape index (κ2) is 24.6. The summed E-state index contributed by atoms with van der Waals surface area (Å²) in [5.41, 5.74) is 24.7. The van der Waals surface area contributed by atoms with E-state index in [4.69, 9.17) is 0 Å². The zero-order chi connectivity index (χ0) is 65.8. The molecule has 4 aliphatic heterocycles. The molecule has 480 valence electrons. The van der Waals surface area contributed by atoms with Gasteiger partial charge in [-0.25, -0.2) is 0 Å². The monoisotopic (exact) mass is 1280 g/mol. The van der Waals surface area contributed by atoms with Gasteiger partial charge in [-0.05, 0) is 172 Å². The lowest BCUT2D eigenvalue weighted by molar-refractivity contribution is 0.0502. The first-order valence-electron chi connectivity index (χ1n) is 36.1. The lowest BCUT2D eigenvalue weighted by Crippen LogP contribution is -2.48. The quantitative estimate of drug-likeness (QED) is 0.128. The zero-order valence-electron chi connectivity index (χ0n) is 56.1. The van der Waals surface area contributed by atoms with Gasteiger partial charge in [0.1, 0.15) is 0 Å². The van der Waals surface area contributed by atoms with Crippen LogP contribution in [0, 0.1) is 11.8 Å². The van der Waals surface area contributed by atoms with E-state index in [1.54, 1.807) is 0 Å². The number of rotatable bonds is 11. The summed E-state index contributed by atoms with van der Waals surface area (Å²) in [5.74, 6) is 0.858. The summed E-state index contributed by atoms with van der Waals surface area (Å²) < 4.78 is 0. The summed E-state index contributed by atoms with van der Waals surface area (Å²) in [6.45, 7) is 6.86. The van der Waals surface area contributed by atoms with Crippen LogP contribution < -0.4 is 0 Å². The Bertz CT molecular complexity index is 5600. The van der Waals surface area contributed by atoms with E-state index in [0.717, 1.165) is 52.4 Å². The van der Waals surface area contributed by atoms with Crippen LogP contribution in [0.5, 0.6) is 0 Å². The predicted molar refractivity (Wildman–Crippen MR) is 414 cm³/mol. The molecule has 0 spiro atoms. The molecule has 1 saturated heterocycles. The SMILES string of the molecule is C1=CC2=CC=CC3CN(C(c4ccccc4)C(c4ccccc4)N4Cc5ccc6ccccc6c5-c5c(ccc6cc(-c7cccc8cc9c(cc78)CN(C(c7ccccc7)C(c7ccccc7)N7Cc8ccc%10ccccc%10c8-c8c(ccc%10ccccc8%10)C7)C9)ccc56)C4)CC(=C1)C23. The Balaban J connectivity index is 0.679. The van der Waals surface area contributed by atoms with E-state index in [-0.39, 0.29) is 24.2 Å². The first-order chi connectivity index (χ1) is 49.6. The highest BCUT2D eigenvalue weighted by molar-refractivity contribution is 6.11. The number of benzene rings is 14. The van der Waals surface area contributed by atoms with Crippen LogP contribution in [0.4, 0.5) is 0 Å². The highest BCUT2D eigenvalue weighted by Gasteiger charge is 2.44. The van der Waals surface area contributed by atoms with Gasteiger partial charge < -0.3 is 0 Å². The van der Waals surface area contributed by atoms with Crippen LogP contribution in [-0.4, -0.2) is 32.7 Å². The molecule has 20 rings (SSSR count). The average Bonchev–Trinajstić information content (AvgIpc) is 1.59. The van der Waals surface area contributed by atoms with Gasteiger partial charge in [-0.15, -0.1) is 0 Å². The van der Waals surface area contributed by atoms with Crippen molar-refractivity contribution in [2.24, 2.45) is 11.8 Å². The van der Waals surface area contributed by atoms with Gasteiger partial charge in [-0.2, -0.15) is 0 Å². The Morgan fingerprint density at radius 3 is 1.17 bits per heavy atom. The molecular weight excluding hydrogens is 1210 g/mol. The van der Waals surface area contributed by atoms with Gasteiger partial charge in [0.15, 0.2) is 0 Å². The summed E-state index contributed by atoms with van der Waals surface area (Å²) in [6.07, 6.45) is 14.2. The molecule has 0 radical (unpaired) electrons. The molecule has 2 aliphatic carbocycles. The Morgan fingerprint density at radius 1 is 0.280 bits per heavy atom. The molecule has 14 aromatic carbocycles. The van der Waals surface area contributed by atoms with Crippen molar-refractivity contribution in [2.75, 3.05) is 13.1 Å². The lowest BCUT2D eigenvalue weighted by atomic mass is 9.71. The van der Waals surface area contributed by atoms with Gasteiger partial charge >= 0.3 is 0 Å². The second-order valence-corrected chi connectivity index (χ2v) is 29.0. The van der Waals surface area contributed by atoms with E-state index < -0.39 is 0 Å². The molecule has 100 heavy (non-hydrogen) atoms. The fraction of sp³-hybridized carbons (Fsp3) is 0.146. The number of allylic oxidation sites excluding steroid dienone is 6. The lowest BCUT2D eigenvalue weighted by Gasteiger charge is -2.49. The van der Waals surface area contributed by atoms with E-state index in [1.165, 1.54) is 154 Å². The van der Waals surface area contributed by atoms with E-state index in [2.05, 4.69) is 347 Å². The molecule has 0 amide bonds. The van der Waals surface area contributed by atoms with Crippen LogP contribution in [0.1, 0.15) is 79.8 Å². The normalized spacial score (nSPS) is 18.6. The highest BCUT2D eigenvalue weighted by Crippen LogP contribution is 2.53. The summed E-state index contributed by atoms with van der Waals surface area (Å²) >= 11 is 0. The Morgan fingerprint density at radius 2 is 0.680 bits per heavy atom. The molecule has 1 fully saturated rings. The molecule has 6 atom stereocenters. The van der Waals surface area contributed by atoms with Crippen molar-refractivity contribution in [3.05, 3.63) is 394 Å². The number of piperidine rings is 1. The van der Waals surface area contributed by atoms with Crippen LogP contribution in [0.2, 0.25) is 0 Å². The van der Waals surface area contributed by atoms with E-state index in [1.807, 2.05) is 0 Å². The zero-order valence-corrected chi connectivity index (χ0v) is 56.1. The molecule has 0 aromatic heterocycles. The van der Waals surface area contributed by atoms with Crippen molar-refractivity contribution in [1.82, 2.24) is 19.6 Å². The van der Waals surface area contributed by atoms with Crippen molar-refractivity contribution < 1.29 is 0 Å².